The van der Waals surface area contributed by atoms with Crippen molar-refractivity contribution in [1.29, 1.82) is 0 Å². The second kappa shape index (κ2) is 13.2. The molecule has 0 unspecified atom stereocenters. The summed E-state index contributed by atoms with van der Waals surface area (Å²) in [6.45, 7) is 0. The van der Waals surface area contributed by atoms with Gasteiger partial charge in [0, 0.05) is 27.8 Å². The van der Waals surface area contributed by atoms with Crippen molar-refractivity contribution in [2.24, 2.45) is 0 Å². The highest BCUT2D eigenvalue weighted by Gasteiger charge is 2.17. The molecule has 0 bridgehead atoms. The number of benzene rings is 10. The Hall–Kier alpha value is -7.42. The number of anilines is 3. The summed E-state index contributed by atoms with van der Waals surface area (Å²) < 4.78 is 6.47. The molecule has 0 radical (unpaired) electrons. The molecule has 0 atom stereocenters. The monoisotopic (exact) mass is 713 g/mol. The molecule has 262 valence electrons. The summed E-state index contributed by atoms with van der Waals surface area (Å²) in [5.74, 6) is 0. The zero-order valence-electron chi connectivity index (χ0n) is 30.6. The van der Waals surface area contributed by atoms with E-state index in [2.05, 4.69) is 211 Å². The molecule has 11 rings (SSSR count). The number of rotatable bonds is 6. The molecule has 0 aliphatic carbocycles. The smallest absolute Gasteiger partial charge is 0.136 e. The molecule has 0 aliphatic heterocycles. The zero-order chi connectivity index (χ0) is 37.0. The average molecular weight is 714 g/mol. The van der Waals surface area contributed by atoms with Gasteiger partial charge in [-0.2, -0.15) is 0 Å². The topological polar surface area (TPSA) is 16.4 Å². The van der Waals surface area contributed by atoms with Gasteiger partial charge in [-0.3, -0.25) is 0 Å². The van der Waals surface area contributed by atoms with E-state index in [9.17, 15) is 0 Å². The SMILES string of the molecule is c1ccc(-c2ccc(N(c3ccc(-c4cc5ccccc5c5ccccc45)cc3)c3ccc4c(ccc5oc6cc(-c7ccccc7)ccc6c54)c3)cc2)cc1. The molecule has 1 heterocycles. The third-order valence-corrected chi connectivity index (χ3v) is 11.2. The number of nitrogens with zero attached hydrogens (tertiary/aromatic N) is 1. The van der Waals surface area contributed by atoms with Crippen LogP contribution in [-0.4, -0.2) is 0 Å². The van der Waals surface area contributed by atoms with E-state index in [1.165, 1.54) is 54.7 Å². The van der Waals surface area contributed by atoms with Crippen molar-refractivity contribution in [1.82, 2.24) is 0 Å². The Morgan fingerprint density at radius 1 is 0.286 bits per heavy atom. The summed E-state index contributed by atoms with van der Waals surface area (Å²) in [6, 6.07) is 76.4. The molecule has 0 amide bonds. The van der Waals surface area contributed by atoms with E-state index >= 15 is 0 Å². The van der Waals surface area contributed by atoms with Crippen molar-refractivity contribution in [2.45, 2.75) is 0 Å². The van der Waals surface area contributed by atoms with Crippen LogP contribution in [0.4, 0.5) is 17.1 Å². The second-order valence-electron chi connectivity index (χ2n) is 14.5. The van der Waals surface area contributed by atoms with Gasteiger partial charge in [-0.15, -0.1) is 0 Å². The molecule has 0 saturated heterocycles. The van der Waals surface area contributed by atoms with Gasteiger partial charge in [0.05, 0.1) is 0 Å². The van der Waals surface area contributed by atoms with Crippen molar-refractivity contribution in [3.63, 3.8) is 0 Å². The predicted molar refractivity (Wildman–Crippen MR) is 237 cm³/mol. The van der Waals surface area contributed by atoms with Gasteiger partial charge in [0.25, 0.3) is 0 Å². The summed E-state index contributed by atoms with van der Waals surface area (Å²) in [5, 5.41) is 9.68. The van der Waals surface area contributed by atoms with Crippen LogP contribution in [0.2, 0.25) is 0 Å². The van der Waals surface area contributed by atoms with Crippen molar-refractivity contribution in [3.8, 4) is 33.4 Å². The molecule has 0 fully saturated rings. The predicted octanol–water partition coefficient (Wildman–Crippen LogP) is 15.5. The van der Waals surface area contributed by atoms with Crippen LogP contribution < -0.4 is 4.90 Å². The summed E-state index contributed by atoms with van der Waals surface area (Å²) in [7, 11) is 0. The van der Waals surface area contributed by atoms with Gasteiger partial charge in [-0.1, -0.05) is 152 Å². The number of furan rings is 1. The standard InChI is InChI=1S/C54H35NO/c1-3-11-36(12-4-1)38-19-25-43(26-20-38)55(44-27-21-39(22-28-44)51-34-41-15-7-8-16-46(41)48-17-9-10-18-49(48)51)45-29-31-47-42(33-45)24-32-52-54(47)50-30-23-40(35-53(50)56-52)37-13-5-2-6-14-37/h1-35H. The molecular formula is C54H35NO. The summed E-state index contributed by atoms with van der Waals surface area (Å²) in [5.41, 5.74) is 12.2. The average Bonchev–Trinajstić information content (AvgIpc) is 3.66. The Labute approximate surface area is 325 Å². The van der Waals surface area contributed by atoms with E-state index in [1.807, 2.05) is 6.07 Å². The van der Waals surface area contributed by atoms with Crippen LogP contribution in [0, 0.1) is 0 Å². The Morgan fingerprint density at radius 3 is 1.55 bits per heavy atom. The number of fused-ring (bicyclic) bond motifs is 8. The maximum atomic E-state index is 6.47. The molecule has 0 aliphatic rings. The van der Waals surface area contributed by atoms with Crippen LogP contribution in [0.15, 0.2) is 217 Å². The molecule has 0 N–H and O–H groups in total. The fraction of sp³-hybridized carbons (Fsp3) is 0. The molecule has 10 aromatic carbocycles. The van der Waals surface area contributed by atoms with Crippen molar-refractivity contribution in [3.05, 3.63) is 212 Å². The molecule has 2 nitrogen and oxygen atoms in total. The highest BCUT2D eigenvalue weighted by Crippen LogP contribution is 2.42. The fourth-order valence-electron chi connectivity index (χ4n) is 8.51. The Balaban J connectivity index is 1.03. The van der Waals surface area contributed by atoms with Gasteiger partial charge in [-0.05, 0) is 126 Å². The zero-order valence-corrected chi connectivity index (χ0v) is 30.6. The van der Waals surface area contributed by atoms with Gasteiger partial charge in [0.15, 0.2) is 0 Å². The van der Waals surface area contributed by atoms with Crippen LogP contribution in [0.3, 0.4) is 0 Å². The first kappa shape index (κ1) is 32.0. The highest BCUT2D eigenvalue weighted by atomic mass is 16.3. The minimum Gasteiger partial charge on any atom is -0.456 e. The molecule has 0 saturated carbocycles. The minimum absolute atomic E-state index is 0.899. The molecular weight excluding hydrogens is 679 g/mol. The summed E-state index contributed by atoms with van der Waals surface area (Å²) >= 11 is 0. The molecule has 0 spiro atoms. The van der Waals surface area contributed by atoms with E-state index in [0.29, 0.717) is 0 Å². The third-order valence-electron chi connectivity index (χ3n) is 11.2. The Bertz CT molecular complexity index is 3220. The summed E-state index contributed by atoms with van der Waals surface area (Å²) in [6.07, 6.45) is 0. The van der Waals surface area contributed by atoms with E-state index in [1.54, 1.807) is 0 Å². The first-order valence-electron chi connectivity index (χ1n) is 19.2. The maximum Gasteiger partial charge on any atom is 0.136 e. The van der Waals surface area contributed by atoms with Crippen LogP contribution >= 0.6 is 0 Å². The molecule has 11 aromatic rings. The fourth-order valence-corrected chi connectivity index (χ4v) is 8.51. The molecule has 1 aromatic heterocycles. The van der Waals surface area contributed by atoms with E-state index < -0.39 is 0 Å². The lowest BCUT2D eigenvalue weighted by Crippen LogP contribution is -2.09. The van der Waals surface area contributed by atoms with E-state index in [-0.39, 0.29) is 0 Å². The lowest BCUT2D eigenvalue weighted by atomic mass is 9.93. The van der Waals surface area contributed by atoms with Crippen LogP contribution in [0.25, 0.3) is 87.6 Å². The largest absolute Gasteiger partial charge is 0.456 e. The molecule has 2 heteroatoms. The first-order chi connectivity index (χ1) is 27.7. The van der Waals surface area contributed by atoms with Crippen molar-refractivity contribution in [2.75, 3.05) is 4.90 Å². The van der Waals surface area contributed by atoms with Crippen LogP contribution in [-0.2, 0) is 0 Å². The van der Waals surface area contributed by atoms with Gasteiger partial charge in [-0.25, -0.2) is 0 Å². The number of hydrogen-bond donors (Lipinski definition) is 0. The van der Waals surface area contributed by atoms with Gasteiger partial charge >= 0.3 is 0 Å². The lowest BCUT2D eigenvalue weighted by molar-refractivity contribution is 0.669. The normalized spacial score (nSPS) is 11.6. The van der Waals surface area contributed by atoms with Gasteiger partial charge in [0.2, 0.25) is 0 Å². The first-order valence-corrected chi connectivity index (χ1v) is 19.2. The van der Waals surface area contributed by atoms with E-state index in [4.69, 9.17) is 4.42 Å². The second-order valence-corrected chi connectivity index (χ2v) is 14.5. The Morgan fingerprint density at radius 2 is 0.821 bits per heavy atom. The lowest BCUT2D eigenvalue weighted by Gasteiger charge is -2.26. The maximum absolute atomic E-state index is 6.47. The number of hydrogen-bond acceptors (Lipinski definition) is 2. The van der Waals surface area contributed by atoms with Gasteiger partial charge in [0.1, 0.15) is 11.2 Å². The van der Waals surface area contributed by atoms with Crippen LogP contribution in [0.1, 0.15) is 0 Å². The highest BCUT2D eigenvalue weighted by molar-refractivity contribution is 6.19. The van der Waals surface area contributed by atoms with Gasteiger partial charge < -0.3 is 9.32 Å². The van der Waals surface area contributed by atoms with Crippen molar-refractivity contribution < 1.29 is 4.42 Å². The quantitative estimate of drug-likeness (QED) is 0.160. The summed E-state index contributed by atoms with van der Waals surface area (Å²) in [4.78, 5) is 2.36. The van der Waals surface area contributed by atoms with Crippen molar-refractivity contribution >= 4 is 71.3 Å². The minimum atomic E-state index is 0.899. The molecule has 56 heavy (non-hydrogen) atoms. The van der Waals surface area contributed by atoms with Crippen LogP contribution in [0.5, 0.6) is 0 Å². The third kappa shape index (κ3) is 5.42. The Kier molecular flexibility index (Phi) is 7.53. The van der Waals surface area contributed by atoms with E-state index in [0.717, 1.165) is 50.0 Å².